The second-order valence-corrected chi connectivity index (χ2v) is 9.69. The van der Waals surface area contributed by atoms with E-state index in [0.717, 1.165) is 19.3 Å². The molecular weight excluding hydrogens is 372 g/mol. The van der Waals surface area contributed by atoms with E-state index in [1.165, 1.54) is 0 Å². The molecule has 162 valence electrons. The summed E-state index contributed by atoms with van der Waals surface area (Å²) in [4.78, 5) is 29.1. The summed E-state index contributed by atoms with van der Waals surface area (Å²) in [6.07, 6.45) is 3.54. The first kappa shape index (κ1) is 21.6. The second-order valence-electron chi connectivity index (χ2n) is 9.69. The summed E-state index contributed by atoms with van der Waals surface area (Å²) in [5.41, 5.74) is -0.815. The molecule has 1 saturated heterocycles. The summed E-state index contributed by atoms with van der Waals surface area (Å²) in [7, 11) is 0. The zero-order valence-electron chi connectivity index (χ0n) is 18.0. The molecule has 0 spiro atoms. The van der Waals surface area contributed by atoms with Crippen LogP contribution in [-0.2, 0) is 10.2 Å². The van der Waals surface area contributed by atoms with E-state index in [1.807, 2.05) is 32.6 Å². The normalized spacial score (nSPS) is 26.2. The van der Waals surface area contributed by atoms with E-state index in [-0.39, 0.29) is 23.3 Å². The van der Waals surface area contributed by atoms with Gasteiger partial charge in [-0.05, 0) is 39.0 Å². The van der Waals surface area contributed by atoms with E-state index in [1.54, 1.807) is 11.0 Å². The Bertz CT molecular complexity index is 727. The third kappa shape index (κ3) is 5.50. The van der Waals surface area contributed by atoms with Crippen LogP contribution >= 0.6 is 0 Å². The Morgan fingerprint density at radius 1 is 1.17 bits per heavy atom. The van der Waals surface area contributed by atoms with Crippen molar-refractivity contribution < 1.29 is 19.2 Å². The van der Waals surface area contributed by atoms with Crippen molar-refractivity contribution in [3.05, 3.63) is 11.8 Å². The smallest absolute Gasteiger partial charge is 0.323 e. The molecule has 2 N–H and O–H groups in total. The Hall–Kier alpha value is -2.09. The van der Waals surface area contributed by atoms with Crippen LogP contribution in [0.5, 0.6) is 0 Å². The van der Waals surface area contributed by atoms with Gasteiger partial charge in [-0.15, -0.1) is 0 Å². The summed E-state index contributed by atoms with van der Waals surface area (Å²) in [5, 5.41) is 16.8. The van der Waals surface area contributed by atoms with Crippen molar-refractivity contribution in [1.82, 2.24) is 15.0 Å². The van der Waals surface area contributed by atoms with Crippen LogP contribution < -0.4 is 5.32 Å². The molecule has 0 aromatic carbocycles. The van der Waals surface area contributed by atoms with Gasteiger partial charge in [0.1, 0.15) is 5.76 Å². The molecule has 1 aromatic rings. The largest absolute Gasteiger partial charge is 0.390 e. The topological polar surface area (TPSA) is 98.9 Å². The number of rotatable bonds is 2. The SMILES string of the molecule is CC1(O)CCC(C(=O)N2CCCN(C(=O)Nc3cc(C(C)(C)C)on3)CC2)CC1. The Balaban J connectivity index is 1.52. The molecule has 2 fully saturated rings. The molecule has 0 atom stereocenters. The number of hydrogen-bond acceptors (Lipinski definition) is 5. The Labute approximate surface area is 172 Å². The summed E-state index contributed by atoms with van der Waals surface area (Å²) in [6, 6.07) is 1.53. The minimum absolute atomic E-state index is 0.0125. The monoisotopic (exact) mass is 406 g/mol. The van der Waals surface area contributed by atoms with Crippen LogP contribution in [0.2, 0.25) is 0 Å². The van der Waals surface area contributed by atoms with Crippen LogP contribution in [0, 0.1) is 5.92 Å². The summed E-state index contributed by atoms with van der Waals surface area (Å²) < 4.78 is 5.32. The quantitative estimate of drug-likeness (QED) is 0.787. The number of nitrogens with one attached hydrogen (secondary N) is 1. The van der Waals surface area contributed by atoms with Gasteiger partial charge in [0.15, 0.2) is 5.82 Å². The standard InChI is InChI=1S/C21H34N4O4/c1-20(2,3)16-14-17(23-29-16)22-19(27)25-11-5-10-24(12-13-25)18(26)15-6-8-21(4,28)9-7-15/h14-15,28H,5-13H2,1-4H3,(H,22,23,27). The molecular formula is C21H34N4O4. The molecule has 1 aliphatic carbocycles. The third-order valence-electron chi connectivity index (χ3n) is 5.99. The van der Waals surface area contributed by atoms with Crippen molar-refractivity contribution in [1.29, 1.82) is 0 Å². The van der Waals surface area contributed by atoms with Crippen LogP contribution in [-0.4, -0.2) is 63.8 Å². The van der Waals surface area contributed by atoms with Gasteiger partial charge in [-0.2, -0.15) is 0 Å². The van der Waals surface area contributed by atoms with E-state index in [9.17, 15) is 14.7 Å². The van der Waals surface area contributed by atoms with Crippen molar-refractivity contribution in [3.8, 4) is 0 Å². The van der Waals surface area contributed by atoms with Gasteiger partial charge in [0, 0.05) is 43.6 Å². The predicted molar refractivity (Wildman–Crippen MR) is 110 cm³/mol. The lowest BCUT2D eigenvalue weighted by atomic mass is 9.79. The van der Waals surface area contributed by atoms with Crippen LogP contribution in [0.25, 0.3) is 0 Å². The number of aromatic nitrogens is 1. The number of carbonyl (C=O) groups is 2. The van der Waals surface area contributed by atoms with E-state index in [4.69, 9.17) is 4.52 Å². The molecule has 3 amide bonds. The Kier molecular flexibility index (Phi) is 6.22. The van der Waals surface area contributed by atoms with Crippen molar-refractivity contribution in [2.24, 2.45) is 5.92 Å². The predicted octanol–water partition coefficient (Wildman–Crippen LogP) is 2.98. The number of aliphatic hydroxyl groups is 1. The molecule has 0 unspecified atom stereocenters. The van der Waals surface area contributed by atoms with Crippen molar-refractivity contribution in [3.63, 3.8) is 0 Å². The van der Waals surface area contributed by atoms with E-state index >= 15 is 0 Å². The van der Waals surface area contributed by atoms with Crippen LogP contribution in [0.1, 0.15) is 65.6 Å². The molecule has 1 aromatic heterocycles. The highest BCUT2D eigenvalue weighted by Gasteiger charge is 2.34. The number of anilines is 1. The molecule has 29 heavy (non-hydrogen) atoms. The molecule has 2 aliphatic rings. The highest BCUT2D eigenvalue weighted by atomic mass is 16.5. The lowest BCUT2D eigenvalue weighted by Crippen LogP contribution is -2.43. The van der Waals surface area contributed by atoms with Gasteiger partial charge in [-0.3, -0.25) is 10.1 Å². The maximum Gasteiger partial charge on any atom is 0.323 e. The third-order valence-corrected chi connectivity index (χ3v) is 5.99. The van der Waals surface area contributed by atoms with Crippen LogP contribution in [0.4, 0.5) is 10.6 Å². The number of nitrogens with zero attached hydrogens (tertiary/aromatic N) is 3. The van der Waals surface area contributed by atoms with Gasteiger partial charge in [-0.25, -0.2) is 4.79 Å². The highest BCUT2D eigenvalue weighted by Crippen LogP contribution is 2.33. The van der Waals surface area contributed by atoms with Crippen molar-refractivity contribution in [2.45, 2.75) is 70.8 Å². The van der Waals surface area contributed by atoms with E-state index < -0.39 is 5.60 Å². The lowest BCUT2D eigenvalue weighted by Gasteiger charge is -2.34. The fraction of sp³-hybridized carbons (Fsp3) is 0.762. The fourth-order valence-corrected chi connectivity index (χ4v) is 3.96. The lowest BCUT2D eigenvalue weighted by molar-refractivity contribution is -0.138. The average Bonchev–Trinajstić information content (AvgIpc) is 2.97. The molecule has 2 heterocycles. The second kappa shape index (κ2) is 8.34. The first-order chi connectivity index (χ1) is 13.5. The maximum absolute atomic E-state index is 12.9. The molecule has 8 heteroatoms. The Morgan fingerprint density at radius 2 is 1.79 bits per heavy atom. The van der Waals surface area contributed by atoms with E-state index in [0.29, 0.717) is 50.6 Å². The molecule has 0 bridgehead atoms. The fourth-order valence-electron chi connectivity index (χ4n) is 3.96. The molecule has 8 nitrogen and oxygen atoms in total. The summed E-state index contributed by atoms with van der Waals surface area (Å²) in [6.45, 7) is 10.2. The van der Waals surface area contributed by atoms with Gasteiger partial charge < -0.3 is 19.4 Å². The van der Waals surface area contributed by atoms with E-state index in [2.05, 4.69) is 10.5 Å². The van der Waals surface area contributed by atoms with Crippen LogP contribution in [0.3, 0.4) is 0 Å². The highest BCUT2D eigenvalue weighted by molar-refractivity contribution is 5.88. The molecule has 3 rings (SSSR count). The number of amides is 3. The molecule has 1 aliphatic heterocycles. The maximum atomic E-state index is 12.9. The first-order valence-corrected chi connectivity index (χ1v) is 10.6. The van der Waals surface area contributed by atoms with Gasteiger partial charge in [0.05, 0.1) is 5.60 Å². The molecule has 1 saturated carbocycles. The zero-order valence-corrected chi connectivity index (χ0v) is 18.0. The minimum Gasteiger partial charge on any atom is -0.390 e. The van der Waals surface area contributed by atoms with Gasteiger partial charge in [-0.1, -0.05) is 25.9 Å². The first-order valence-electron chi connectivity index (χ1n) is 10.6. The van der Waals surface area contributed by atoms with Crippen molar-refractivity contribution in [2.75, 3.05) is 31.5 Å². The van der Waals surface area contributed by atoms with Crippen molar-refractivity contribution >= 4 is 17.8 Å². The van der Waals surface area contributed by atoms with Gasteiger partial charge in [0.25, 0.3) is 0 Å². The Morgan fingerprint density at radius 3 is 2.41 bits per heavy atom. The molecule has 0 radical (unpaired) electrons. The average molecular weight is 407 g/mol. The van der Waals surface area contributed by atoms with Crippen LogP contribution in [0.15, 0.2) is 10.6 Å². The zero-order chi connectivity index (χ0) is 21.2. The van der Waals surface area contributed by atoms with Gasteiger partial charge in [0.2, 0.25) is 5.91 Å². The number of urea groups is 1. The van der Waals surface area contributed by atoms with Gasteiger partial charge >= 0.3 is 6.03 Å². The minimum atomic E-state index is -0.640. The number of hydrogen-bond donors (Lipinski definition) is 2. The summed E-state index contributed by atoms with van der Waals surface area (Å²) >= 11 is 0. The number of carbonyl (C=O) groups excluding carboxylic acids is 2. The summed E-state index contributed by atoms with van der Waals surface area (Å²) in [5.74, 6) is 1.27.